The third-order valence-electron chi connectivity index (χ3n) is 3.64. The van der Waals surface area contributed by atoms with E-state index in [0.29, 0.717) is 5.56 Å². The standard InChI is InChI=1S/C17H11F3N2O5/c18-17(19,20)27-11-7-5-10(6-8-11)21-9-14(22(24)25)15-12-3-1-2-4-13(12)16(23)26-15/h1-9,15,21H. The number of nitrogens with zero attached hydrogens (tertiary/aromatic N) is 1. The van der Waals surface area contributed by atoms with Gasteiger partial charge < -0.3 is 14.8 Å². The molecular weight excluding hydrogens is 369 g/mol. The van der Waals surface area contributed by atoms with E-state index in [4.69, 9.17) is 4.74 Å². The second kappa shape index (κ2) is 6.98. The van der Waals surface area contributed by atoms with Crippen LogP contribution in [0.25, 0.3) is 0 Å². The second-order valence-corrected chi connectivity index (χ2v) is 5.42. The Morgan fingerprint density at radius 3 is 2.48 bits per heavy atom. The predicted octanol–water partition coefficient (Wildman–Crippen LogP) is 4.03. The molecule has 27 heavy (non-hydrogen) atoms. The molecule has 0 aliphatic carbocycles. The lowest BCUT2D eigenvalue weighted by molar-refractivity contribution is -0.436. The Bertz CT molecular complexity index is 910. The van der Waals surface area contributed by atoms with Gasteiger partial charge >= 0.3 is 18.0 Å². The minimum atomic E-state index is -4.81. The molecule has 1 aliphatic heterocycles. The summed E-state index contributed by atoms with van der Waals surface area (Å²) >= 11 is 0. The first kappa shape index (κ1) is 18.2. The summed E-state index contributed by atoms with van der Waals surface area (Å²) in [5, 5.41) is 14.0. The summed E-state index contributed by atoms with van der Waals surface area (Å²) in [6, 6.07) is 10.9. The molecule has 1 N–H and O–H groups in total. The largest absolute Gasteiger partial charge is 0.573 e. The molecule has 0 amide bonds. The van der Waals surface area contributed by atoms with Crippen LogP contribution in [-0.2, 0) is 4.74 Å². The predicted molar refractivity (Wildman–Crippen MR) is 86.4 cm³/mol. The molecule has 0 bridgehead atoms. The number of esters is 1. The monoisotopic (exact) mass is 380 g/mol. The zero-order valence-corrected chi connectivity index (χ0v) is 13.4. The molecule has 140 valence electrons. The summed E-state index contributed by atoms with van der Waals surface area (Å²) in [5.41, 5.74) is 0.454. The van der Waals surface area contributed by atoms with E-state index in [2.05, 4.69) is 10.1 Å². The first-order chi connectivity index (χ1) is 12.7. The number of ether oxygens (including phenoxy) is 2. The van der Waals surface area contributed by atoms with E-state index in [-0.39, 0.29) is 11.3 Å². The van der Waals surface area contributed by atoms with E-state index in [9.17, 15) is 28.1 Å². The molecule has 1 aliphatic rings. The number of cyclic esters (lactones) is 1. The first-order valence-corrected chi connectivity index (χ1v) is 7.51. The number of hydrogen-bond acceptors (Lipinski definition) is 6. The smallest absolute Gasteiger partial charge is 0.442 e. The van der Waals surface area contributed by atoms with Gasteiger partial charge in [-0.15, -0.1) is 13.2 Å². The van der Waals surface area contributed by atoms with Crippen molar-refractivity contribution in [2.24, 2.45) is 0 Å². The maximum atomic E-state index is 12.1. The molecule has 0 spiro atoms. The van der Waals surface area contributed by atoms with Gasteiger partial charge in [0.1, 0.15) is 5.75 Å². The van der Waals surface area contributed by atoms with Gasteiger partial charge in [0.05, 0.1) is 16.7 Å². The third-order valence-corrected chi connectivity index (χ3v) is 3.64. The highest BCUT2D eigenvalue weighted by atomic mass is 19.4. The number of rotatable bonds is 5. The van der Waals surface area contributed by atoms with Crippen molar-refractivity contribution in [1.82, 2.24) is 0 Å². The van der Waals surface area contributed by atoms with Gasteiger partial charge in [0.2, 0.25) is 6.10 Å². The Kier molecular flexibility index (Phi) is 4.72. The molecule has 0 radical (unpaired) electrons. The molecule has 2 aromatic rings. The van der Waals surface area contributed by atoms with Crippen LogP contribution >= 0.6 is 0 Å². The highest BCUT2D eigenvalue weighted by molar-refractivity contribution is 5.94. The number of fused-ring (bicyclic) bond motifs is 1. The summed E-state index contributed by atoms with van der Waals surface area (Å²) in [6.45, 7) is 0. The van der Waals surface area contributed by atoms with Crippen LogP contribution < -0.4 is 10.1 Å². The van der Waals surface area contributed by atoms with Gasteiger partial charge in [-0.25, -0.2) is 4.79 Å². The van der Waals surface area contributed by atoms with Crippen molar-refractivity contribution in [2.45, 2.75) is 12.5 Å². The van der Waals surface area contributed by atoms with E-state index >= 15 is 0 Å². The van der Waals surface area contributed by atoms with Gasteiger partial charge in [-0.05, 0) is 30.3 Å². The summed E-state index contributed by atoms with van der Waals surface area (Å²) in [4.78, 5) is 22.5. The average molecular weight is 380 g/mol. The zero-order valence-electron chi connectivity index (χ0n) is 13.4. The van der Waals surface area contributed by atoms with Gasteiger partial charge in [-0.3, -0.25) is 10.1 Å². The minimum absolute atomic E-state index is 0.240. The van der Waals surface area contributed by atoms with Crippen LogP contribution in [0.15, 0.2) is 60.4 Å². The van der Waals surface area contributed by atoms with E-state index in [1.165, 1.54) is 18.2 Å². The third kappa shape index (κ3) is 4.17. The number of nitrogens with one attached hydrogen (secondary N) is 1. The van der Waals surface area contributed by atoms with Gasteiger partial charge in [0.25, 0.3) is 0 Å². The van der Waals surface area contributed by atoms with E-state index in [1.807, 2.05) is 0 Å². The van der Waals surface area contributed by atoms with Crippen molar-refractivity contribution in [1.29, 1.82) is 0 Å². The van der Waals surface area contributed by atoms with Crippen molar-refractivity contribution in [3.63, 3.8) is 0 Å². The fraction of sp³-hybridized carbons (Fsp3) is 0.118. The van der Waals surface area contributed by atoms with Crippen molar-refractivity contribution >= 4 is 11.7 Å². The van der Waals surface area contributed by atoms with E-state index in [0.717, 1.165) is 18.3 Å². The van der Waals surface area contributed by atoms with Crippen LogP contribution in [-0.4, -0.2) is 17.3 Å². The number of carbonyl (C=O) groups is 1. The Morgan fingerprint density at radius 2 is 1.85 bits per heavy atom. The van der Waals surface area contributed by atoms with Crippen molar-refractivity contribution < 1.29 is 32.4 Å². The number of benzene rings is 2. The molecule has 0 saturated carbocycles. The molecule has 1 heterocycles. The second-order valence-electron chi connectivity index (χ2n) is 5.42. The lowest BCUT2D eigenvalue weighted by atomic mass is 10.0. The molecule has 0 aromatic heterocycles. The van der Waals surface area contributed by atoms with Gasteiger partial charge in [-0.2, -0.15) is 0 Å². The zero-order chi connectivity index (χ0) is 19.6. The van der Waals surface area contributed by atoms with Crippen LogP contribution in [0.5, 0.6) is 5.75 Å². The number of anilines is 1. The summed E-state index contributed by atoms with van der Waals surface area (Å²) < 4.78 is 45.3. The molecular formula is C17H11F3N2O5. The van der Waals surface area contributed by atoms with E-state index in [1.54, 1.807) is 18.2 Å². The van der Waals surface area contributed by atoms with E-state index < -0.39 is 34.8 Å². The van der Waals surface area contributed by atoms with Gasteiger partial charge in [-0.1, -0.05) is 18.2 Å². The van der Waals surface area contributed by atoms with Crippen LogP contribution in [0.1, 0.15) is 22.0 Å². The Morgan fingerprint density at radius 1 is 1.19 bits per heavy atom. The molecule has 3 rings (SSSR count). The maximum Gasteiger partial charge on any atom is 0.573 e. The molecule has 10 heteroatoms. The SMILES string of the molecule is O=C1OC(C(=CNc2ccc(OC(F)(F)F)cc2)[N+](=O)[O-])c2ccccc21. The Labute approximate surface area is 150 Å². The molecule has 0 fully saturated rings. The average Bonchev–Trinajstić information content (AvgIpc) is 2.92. The number of halogens is 3. The molecule has 2 aromatic carbocycles. The van der Waals surface area contributed by atoms with Crippen LogP contribution in [0, 0.1) is 10.1 Å². The number of hydrogen-bond donors (Lipinski definition) is 1. The lowest BCUT2D eigenvalue weighted by Crippen LogP contribution is -2.17. The lowest BCUT2D eigenvalue weighted by Gasteiger charge is -2.10. The van der Waals surface area contributed by atoms with Crippen molar-refractivity contribution in [2.75, 3.05) is 5.32 Å². The van der Waals surface area contributed by atoms with Crippen molar-refractivity contribution in [3.8, 4) is 5.75 Å². The topological polar surface area (TPSA) is 90.7 Å². The highest BCUT2D eigenvalue weighted by Gasteiger charge is 2.39. The van der Waals surface area contributed by atoms with Crippen LogP contribution in [0.4, 0.5) is 18.9 Å². The minimum Gasteiger partial charge on any atom is -0.442 e. The molecule has 1 atom stereocenters. The summed E-state index contributed by atoms with van der Waals surface area (Å²) in [7, 11) is 0. The fourth-order valence-electron chi connectivity index (χ4n) is 2.50. The normalized spacial score (nSPS) is 16.5. The quantitative estimate of drug-likeness (QED) is 0.479. The first-order valence-electron chi connectivity index (χ1n) is 7.51. The van der Waals surface area contributed by atoms with Crippen molar-refractivity contribution in [3.05, 3.63) is 81.7 Å². The van der Waals surface area contributed by atoms with Gasteiger partial charge in [0.15, 0.2) is 0 Å². The molecule has 7 nitrogen and oxygen atoms in total. The Hall–Kier alpha value is -3.56. The summed E-state index contributed by atoms with van der Waals surface area (Å²) in [5.74, 6) is -1.10. The number of alkyl halides is 3. The maximum absolute atomic E-state index is 12.1. The Balaban J connectivity index is 1.80. The number of carbonyl (C=O) groups excluding carboxylic acids is 1. The molecule has 0 saturated heterocycles. The summed E-state index contributed by atoms with van der Waals surface area (Å²) in [6.07, 6.45) is -4.98. The molecule has 1 unspecified atom stereocenters. The number of nitro groups is 1. The van der Waals surface area contributed by atoms with Gasteiger partial charge in [0, 0.05) is 11.3 Å². The van der Waals surface area contributed by atoms with Crippen LogP contribution in [0.3, 0.4) is 0 Å². The fourth-order valence-corrected chi connectivity index (χ4v) is 2.50. The highest BCUT2D eigenvalue weighted by Crippen LogP contribution is 2.36. The van der Waals surface area contributed by atoms with Crippen LogP contribution in [0.2, 0.25) is 0 Å².